The maximum Gasteiger partial charge on any atom is 0.243 e. The standard InChI is InChI=1S/C20H24N6O2/c1-14(19-23-13-24-28-19)25-7-9-26(10-8-25)15-5-6-18-17(11-15)20(22-12-21-18)27-16-3-2-4-16/h5-6,11-14,16H,2-4,7-10H2,1H3. The second-order valence-electron chi connectivity index (χ2n) is 7.53. The number of piperazine rings is 1. The molecule has 8 nitrogen and oxygen atoms in total. The molecular formula is C20H24N6O2. The Morgan fingerprint density at radius 2 is 1.93 bits per heavy atom. The number of benzene rings is 1. The molecule has 0 radical (unpaired) electrons. The van der Waals surface area contributed by atoms with Crippen LogP contribution in [0.4, 0.5) is 5.69 Å². The number of anilines is 1. The summed E-state index contributed by atoms with van der Waals surface area (Å²) in [5, 5.41) is 4.72. The molecule has 146 valence electrons. The zero-order chi connectivity index (χ0) is 18.9. The minimum atomic E-state index is 0.136. The molecule has 5 rings (SSSR count). The molecule has 1 saturated heterocycles. The lowest BCUT2D eigenvalue weighted by Gasteiger charge is -2.38. The topological polar surface area (TPSA) is 80.4 Å². The maximum atomic E-state index is 6.09. The molecule has 0 bridgehead atoms. The van der Waals surface area contributed by atoms with Gasteiger partial charge in [0.2, 0.25) is 11.8 Å². The van der Waals surface area contributed by atoms with E-state index in [1.54, 1.807) is 6.33 Å². The zero-order valence-corrected chi connectivity index (χ0v) is 16.0. The average molecular weight is 380 g/mol. The summed E-state index contributed by atoms with van der Waals surface area (Å²) in [4.78, 5) is 17.8. The van der Waals surface area contributed by atoms with Crippen LogP contribution in [0.15, 0.2) is 35.4 Å². The first-order chi connectivity index (χ1) is 13.8. The Kier molecular flexibility index (Phi) is 4.56. The first kappa shape index (κ1) is 17.4. The Morgan fingerprint density at radius 1 is 1.07 bits per heavy atom. The molecule has 2 aliphatic rings. The lowest BCUT2D eigenvalue weighted by molar-refractivity contribution is 0.116. The van der Waals surface area contributed by atoms with E-state index >= 15 is 0 Å². The molecule has 1 saturated carbocycles. The molecule has 0 amide bonds. The highest BCUT2D eigenvalue weighted by Gasteiger charge is 2.26. The van der Waals surface area contributed by atoms with Gasteiger partial charge in [-0.05, 0) is 44.4 Å². The van der Waals surface area contributed by atoms with Crippen LogP contribution in [0.2, 0.25) is 0 Å². The van der Waals surface area contributed by atoms with Crippen LogP contribution in [0.3, 0.4) is 0 Å². The summed E-state index contributed by atoms with van der Waals surface area (Å²) < 4.78 is 11.3. The fourth-order valence-corrected chi connectivity index (χ4v) is 3.85. The third kappa shape index (κ3) is 3.28. The van der Waals surface area contributed by atoms with E-state index in [1.165, 1.54) is 18.4 Å². The normalized spacial score (nSPS) is 19.5. The first-order valence-corrected chi connectivity index (χ1v) is 9.95. The van der Waals surface area contributed by atoms with Gasteiger partial charge < -0.3 is 14.2 Å². The minimum Gasteiger partial charge on any atom is -0.474 e. The summed E-state index contributed by atoms with van der Waals surface area (Å²) in [6, 6.07) is 6.50. The molecule has 8 heteroatoms. The van der Waals surface area contributed by atoms with Gasteiger partial charge in [-0.3, -0.25) is 4.90 Å². The van der Waals surface area contributed by atoms with Gasteiger partial charge in [-0.2, -0.15) is 4.98 Å². The number of rotatable bonds is 5. The predicted molar refractivity (Wildman–Crippen MR) is 104 cm³/mol. The molecule has 28 heavy (non-hydrogen) atoms. The van der Waals surface area contributed by atoms with Crippen molar-refractivity contribution in [3.63, 3.8) is 0 Å². The van der Waals surface area contributed by atoms with E-state index in [9.17, 15) is 0 Å². The van der Waals surface area contributed by atoms with Crippen molar-refractivity contribution in [2.24, 2.45) is 0 Å². The van der Waals surface area contributed by atoms with Crippen molar-refractivity contribution < 1.29 is 9.26 Å². The molecule has 1 aliphatic carbocycles. The van der Waals surface area contributed by atoms with Crippen molar-refractivity contribution in [2.75, 3.05) is 31.1 Å². The zero-order valence-electron chi connectivity index (χ0n) is 16.0. The molecule has 0 N–H and O–H groups in total. The Bertz CT molecular complexity index is 935. The highest BCUT2D eigenvalue weighted by atomic mass is 16.5. The highest BCUT2D eigenvalue weighted by Crippen LogP contribution is 2.31. The van der Waals surface area contributed by atoms with Crippen LogP contribution in [0.25, 0.3) is 10.9 Å². The summed E-state index contributed by atoms with van der Waals surface area (Å²) in [6.45, 7) is 5.88. The van der Waals surface area contributed by atoms with Gasteiger partial charge >= 0.3 is 0 Å². The van der Waals surface area contributed by atoms with Crippen LogP contribution >= 0.6 is 0 Å². The summed E-state index contributed by atoms with van der Waals surface area (Å²) in [5.41, 5.74) is 2.11. The second-order valence-corrected chi connectivity index (χ2v) is 7.53. The molecule has 1 unspecified atom stereocenters. The molecule has 0 spiro atoms. The predicted octanol–water partition coefficient (Wildman–Crippen LogP) is 2.83. The fraction of sp³-hybridized carbons (Fsp3) is 0.500. The lowest BCUT2D eigenvalue weighted by Crippen LogP contribution is -2.47. The number of nitrogens with zero attached hydrogens (tertiary/aromatic N) is 6. The van der Waals surface area contributed by atoms with E-state index in [0.717, 1.165) is 49.9 Å². The van der Waals surface area contributed by atoms with Crippen LogP contribution in [-0.2, 0) is 0 Å². The number of aromatic nitrogens is 4. The van der Waals surface area contributed by atoms with Crippen molar-refractivity contribution in [3.8, 4) is 5.88 Å². The third-order valence-electron chi connectivity index (χ3n) is 5.88. The van der Waals surface area contributed by atoms with Crippen molar-refractivity contribution in [2.45, 2.75) is 38.3 Å². The summed E-state index contributed by atoms with van der Waals surface area (Å²) in [7, 11) is 0. The van der Waals surface area contributed by atoms with Crippen LogP contribution in [0, 0.1) is 0 Å². The number of hydrogen-bond donors (Lipinski definition) is 0. The van der Waals surface area contributed by atoms with Gasteiger partial charge in [0.25, 0.3) is 0 Å². The van der Waals surface area contributed by atoms with Gasteiger partial charge in [0.05, 0.1) is 16.9 Å². The molecule has 1 atom stereocenters. The second kappa shape index (κ2) is 7.35. The Morgan fingerprint density at radius 3 is 2.64 bits per heavy atom. The third-order valence-corrected chi connectivity index (χ3v) is 5.88. The molecule has 3 heterocycles. The molecule has 2 fully saturated rings. The SMILES string of the molecule is CC(c1ncno1)N1CCN(c2ccc3ncnc(OC4CCC4)c3c2)CC1. The molecule has 1 aromatic carbocycles. The van der Waals surface area contributed by atoms with Crippen molar-refractivity contribution in [3.05, 3.63) is 36.7 Å². The van der Waals surface area contributed by atoms with E-state index in [-0.39, 0.29) is 6.04 Å². The number of fused-ring (bicyclic) bond motifs is 1. The molecule has 3 aromatic rings. The Hall–Kier alpha value is -2.74. The summed E-state index contributed by atoms with van der Waals surface area (Å²) in [6.07, 6.45) is 6.83. The minimum absolute atomic E-state index is 0.136. The monoisotopic (exact) mass is 380 g/mol. The first-order valence-electron chi connectivity index (χ1n) is 9.95. The number of ether oxygens (including phenoxy) is 1. The van der Waals surface area contributed by atoms with Crippen molar-refractivity contribution in [1.29, 1.82) is 0 Å². The van der Waals surface area contributed by atoms with Crippen LogP contribution in [-0.4, -0.2) is 57.3 Å². The van der Waals surface area contributed by atoms with E-state index < -0.39 is 0 Å². The van der Waals surface area contributed by atoms with Crippen LogP contribution in [0.1, 0.15) is 38.1 Å². The van der Waals surface area contributed by atoms with Gasteiger partial charge in [-0.15, -0.1) is 0 Å². The van der Waals surface area contributed by atoms with E-state index in [2.05, 4.69) is 55.0 Å². The average Bonchev–Trinajstić information content (AvgIpc) is 3.25. The lowest BCUT2D eigenvalue weighted by atomic mass is 9.96. The van der Waals surface area contributed by atoms with Crippen LogP contribution in [0.5, 0.6) is 5.88 Å². The van der Waals surface area contributed by atoms with E-state index in [1.807, 2.05) is 0 Å². The van der Waals surface area contributed by atoms with Gasteiger partial charge in [0, 0.05) is 31.9 Å². The Labute approximate surface area is 163 Å². The summed E-state index contributed by atoms with van der Waals surface area (Å²) in [5.74, 6) is 1.38. The summed E-state index contributed by atoms with van der Waals surface area (Å²) >= 11 is 0. The fourth-order valence-electron chi connectivity index (χ4n) is 3.85. The number of hydrogen-bond acceptors (Lipinski definition) is 8. The molecule has 1 aliphatic heterocycles. The molecular weight excluding hydrogens is 356 g/mol. The van der Waals surface area contributed by atoms with Gasteiger partial charge in [0.1, 0.15) is 12.4 Å². The van der Waals surface area contributed by atoms with Crippen LogP contribution < -0.4 is 9.64 Å². The van der Waals surface area contributed by atoms with Gasteiger partial charge in [0.15, 0.2) is 6.33 Å². The van der Waals surface area contributed by atoms with Crippen molar-refractivity contribution >= 4 is 16.6 Å². The van der Waals surface area contributed by atoms with Gasteiger partial charge in [-0.1, -0.05) is 5.16 Å². The quantitative estimate of drug-likeness (QED) is 0.668. The maximum absolute atomic E-state index is 6.09. The van der Waals surface area contributed by atoms with E-state index in [0.29, 0.717) is 17.9 Å². The molecule has 2 aromatic heterocycles. The Balaban J connectivity index is 1.32. The highest BCUT2D eigenvalue weighted by molar-refractivity contribution is 5.86. The van der Waals surface area contributed by atoms with Gasteiger partial charge in [-0.25, -0.2) is 9.97 Å². The van der Waals surface area contributed by atoms with Crippen molar-refractivity contribution in [1.82, 2.24) is 25.0 Å². The van der Waals surface area contributed by atoms with E-state index in [4.69, 9.17) is 9.26 Å². The largest absolute Gasteiger partial charge is 0.474 e. The smallest absolute Gasteiger partial charge is 0.243 e.